The Balaban J connectivity index is 1.50. The lowest BCUT2D eigenvalue weighted by molar-refractivity contribution is 0.215. The number of nitrogens with one attached hydrogen (secondary N) is 1. The zero-order valence-corrected chi connectivity index (χ0v) is 15.3. The zero-order chi connectivity index (χ0) is 19.1. The van der Waals surface area contributed by atoms with Crippen LogP contribution in [-0.2, 0) is 6.61 Å². The van der Waals surface area contributed by atoms with E-state index in [4.69, 9.17) is 25.8 Å². The first-order valence-corrected chi connectivity index (χ1v) is 8.46. The quantitative estimate of drug-likeness (QED) is 0.610. The first-order chi connectivity index (χ1) is 13.1. The second-order valence-corrected chi connectivity index (χ2v) is 5.88. The standard InChI is InChI=1S/C20H17ClN2O4/c1-25-16-7-9-18(10-8-16)27-20(24)23-15-3-5-17(6-4-15)26-13-14-2-11-19(21)22-12-14/h2-12H,13H2,1H3,(H,23,24). The van der Waals surface area contributed by atoms with Gasteiger partial charge in [-0.05, 0) is 54.6 Å². The van der Waals surface area contributed by atoms with Gasteiger partial charge in [-0.3, -0.25) is 5.32 Å². The Hall–Kier alpha value is -3.25. The third-order valence-electron chi connectivity index (χ3n) is 3.56. The molecule has 6 nitrogen and oxygen atoms in total. The average Bonchev–Trinajstić information content (AvgIpc) is 2.69. The van der Waals surface area contributed by atoms with Gasteiger partial charge >= 0.3 is 6.09 Å². The van der Waals surface area contributed by atoms with E-state index < -0.39 is 6.09 Å². The van der Waals surface area contributed by atoms with Crippen LogP contribution in [0.25, 0.3) is 0 Å². The van der Waals surface area contributed by atoms with E-state index in [1.54, 1.807) is 67.9 Å². The Morgan fingerprint density at radius 1 is 0.963 bits per heavy atom. The number of benzene rings is 2. The number of carbonyl (C=O) groups excluding carboxylic acids is 1. The molecular weight excluding hydrogens is 368 g/mol. The van der Waals surface area contributed by atoms with Crippen LogP contribution in [-0.4, -0.2) is 18.2 Å². The van der Waals surface area contributed by atoms with E-state index in [0.717, 1.165) is 5.56 Å². The van der Waals surface area contributed by atoms with E-state index in [1.165, 1.54) is 0 Å². The van der Waals surface area contributed by atoms with Crippen LogP contribution in [0.3, 0.4) is 0 Å². The number of rotatable bonds is 6. The predicted octanol–water partition coefficient (Wildman–Crippen LogP) is 4.93. The van der Waals surface area contributed by atoms with Gasteiger partial charge in [-0.15, -0.1) is 0 Å². The maximum absolute atomic E-state index is 11.9. The number of methoxy groups -OCH3 is 1. The molecule has 0 spiro atoms. The molecule has 1 amide bonds. The lowest BCUT2D eigenvalue weighted by Crippen LogP contribution is -2.16. The largest absolute Gasteiger partial charge is 0.497 e. The number of hydrogen-bond acceptors (Lipinski definition) is 5. The van der Waals surface area contributed by atoms with Crippen LogP contribution in [0.2, 0.25) is 5.15 Å². The fraction of sp³-hybridized carbons (Fsp3) is 0.100. The molecule has 3 aromatic rings. The van der Waals surface area contributed by atoms with Crippen molar-refractivity contribution in [2.24, 2.45) is 0 Å². The monoisotopic (exact) mass is 384 g/mol. The third-order valence-corrected chi connectivity index (χ3v) is 3.79. The number of nitrogens with zero attached hydrogens (tertiary/aromatic N) is 1. The summed E-state index contributed by atoms with van der Waals surface area (Å²) in [6, 6.07) is 17.3. The molecule has 0 fully saturated rings. The van der Waals surface area contributed by atoms with Crippen molar-refractivity contribution in [1.29, 1.82) is 0 Å². The maximum Gasteiger partial charge on any atom is 0.417 e. The van der Waals surface area contributed by atoms with Crippen molar-refractivity contribution < 1.29 is 19.0 Å². The summed E-state index contributed by atoms with van der Waals surface area (Å²) in [4.78, 5) is 15.9. The van der Waals surface area contributed by atoms with Crippen LogP contribution in [0.1, 0.15) is 5.56 Å². The number of hydrogen-bond donors (Lipinski definition) is 1. The molecule has 138 valence electrons. The lowest BCUT2D eigenvalue weighted by atomic mass is 10.3. The molecule has 1 aromatic heterocycles. The van der Waals surface area contributed by atoms with Gasteiger partial charge in [0.15, 0.2) is 0 Å². The van der Waals surface area contributed by atoms with Gasteiger partial charge in [0.05, 0.1) is 7.11 Å². The minimum atomic E-state index is -0.582. The predicted molar refractivity (Wildman–Crippen MR) is 103 cm³/mol. The van der Waals surface area contributed by atoms with Crippen molar-refractivity contribution in [1.82, 2.24) is 4.98 Å². The highest BCUT2D eigenvalue weighted by atomic mass is 35.5. The molecule has 0 saturated carbocycles. The summed E-state index contributed by atoms with van der Waals surface area (Å²) < 4.78 is 15.9. The summed E-state index contributed by atoms with van der Waals surface area (Å²) in [5.41, 5.74) is 1.50. The number of ether oxygens (including phenoxy) is 3. The Bertz CT molecular complexity index is 881. The summed E-state index contributed by atoms with van der Waals surface area (Å²) in [6.07, 6.45) is 1.08. The van der Waals surface area contributed by atoms with E-state index in [2.05, 4.69) is 10.3 Å². The smallest absolute Gasteiger partial charge is 0.417 e. The van der Waals surface area contributed by atoms with Gasteiger partial charge in [0.25, 0.3) is 0 Å². The van der Waals surface area contributed by atoms with Crippen LogP contribution < -0.4 is 19.5 Å². The number of halogens is 1. The first-order valence-electron chi connectivity index (χ1n) is 8.08. The van der Waals surface area contributed by atoms with Crippen molar-refractivity contribution in [2.75, 3.05) is 12.4 Å². The van der Waals surface area contributed by atoms with Crippen molar-refractivity contribution >= 4 is 23.4 Å². The highest BCUT2D eigenvalue weighted by molar-refractivity contribution is 6.29. The fourth-order valence-electron chi connectivity index (χ4n) is 2.19. The molecule has 7 heteroatoms. The minimum Gasteiger partial charge on any atom is -0.497 e. The highest BCUT2D eigenvalue weighted by Crippen LogP contribution is 2.20. The lowest BCUT2D eigenvalue weighted by Gasteiger charge is -2.09. The van der Waals surface area contributed by atoms with Gasteiger partial charge in [-0.25, -0.2) is 9.78 Å². The molecule has 3 rings (SSSR count). The SMILES string of the molecule is COc1ccc(OC(=O)Nc2ccc(OCc3ccc(Cl)nc3)cc2)cc1. The third kappa shape index (κ3) is 5.62. The summed E-state index contributed by atoms with van der Waals surface area (Å²) in [5.74, 6) is 1.77. The normalized spacial score (nSPS) is 10.1. The minimum absolute atomic E-state index is 0.371. The molecular formula is C20H17ClN2O4. The fourth-order valence-corrected chi connectivity index (χ4v) is 2.30. The molecule has 2 aromatic carbocycles. The van der Waals surface area contributed by atoms with Crippen molar-refractivity contribution in [3.63, 3.8) is 0 Å². The molecule has 0 atom stereocenters. The molecule has 0 aliphatic carbocycles. The van der Waals surface area contributed by atoms with Crippen molar-refractivity contribution in [3.05, 3.63) is 77.6 Å². The molecule has 0 aliphatic heterocycles. The van der Waals surface area contributed by atoms with E-state index in [1.807, 2.05) is 6.07 Å². The molecule has 0 radical (unpaired) electrons. The Labute approximate surface area is 161 Å². The maximum atomic E-state index is 11.9. The number of anilines is 1. The number of amides is 1. The first kappa shape index (κ1) is 18.5. The van der Waals surface area contributed by atoms with Gasteiger partial charge in [0.1, 0.15) is 29.0 Å². The zero-order valence-electron chi connectivity index (χ0n) is 14.5. The summed E-state index contributed by atoms with van der Waals surface area (Å²) >= 11 is 5.75. The second-order valence-electron chi connectivity index (χ2n) is 5.49. The highest BCUT2D eigenvalue weighted by Gasteiger charge is 2.06. The molecule has 1 heterocycles. The molecule has 0 unspecified atom stereocenters. The van der Waals surface area contributed by atoms with Crippen LogP contribution in [0.4, 0.5) is 10.5 Å². The van der Waals surface area contributed by atoms with E-state index in [0.29, 0.717) is 34.7 Å². The van der Waals surface area contributed by atoms with E-state index in [-0.39, 0.29) is 0 Å². The molecule has 0 bridgehead atoms. The van der Waals surface area contributed by atoms with Crippen LogP contribution in [0.5, 0.6) is 17.2 Å². The van der Waals surface area contributed by atoms with Crippen LogP contribution in [0.15, 0.2) is 66.9 Å². The van der Waals surface area contributed by atoms with Crippen molar-refractivity contribution in [3.8, 4) is 17.2 Å². The van der Waals surface area contributed by atoms with E-state index >= 15 is 0 Å². The van der Waals surface area contributed by atoms with E-state index in [9.17, 15) is 4.79 Å². The molecule has 0 saturated heterocycles. The second kappa shape index (κ2) is 8.91. The average molecular weight is 385 g/mol. The summed E-state index contributed by atoms with van der Waals surface area (Å²) in [7, 11) is 1.57. The molecule has 1 N–H and O–H groups in total. The summed E-state index contributed by atoms with van der Waals surface area (Å²) in [5, 5.41) is 3.09. The van der Waals surface area contributed by atoms with Gasteiger partial charge in [-0.1, -0.05) is 17.7 Å². The van der Waals surface area contributed by atoms with Crippen molar-refractivity contribution in [2.45, 2.75) is 6.61 Å². The Morgan fingerprint density at radius 2 is 1.63 bits per heavy atom. The van der Waals surface area contributed by atoms with Crippen LogP contribution >= 0.6 is 11.6 Å². The Kier molecular flexibility index (Phi) is 6.12. The number of carbonyl (C=O) groups is 1. The van der Waals surface area contributed by atoms with Gasteiger partial charge in [-0.2, -0.15) is 0 Å². The van der Waals surface area contributed by atoms with Gasteiger partial charge in [0, 0.05) is 17.4 Å². The number of pyridine rings is 1. The molecule has 0 aliphatic rings. The molecule has 27 heavy (non-hydrogen) atoms. The Morgan fingerprint density at radius 3 is 2.26 bits per heavy atom. The topological polar surface area (TPSA) is 69.7 Å². The number of aromatic nitrogens is 1. The van der Waals surface area contributed by atoms with Gasteiger partial charge in [0.2, 0.25) is 0 Å². The summed E-state index contributed by atoms with van der Waals surface area (Å²) in [6.45, 7) is 0.371. The van der Waals surface area contributed by atoms with Gasteiger partial charge < -0.3 is 14.2 Å². The van der Waals surface area contributed by atoms with Crippen LogP contribution in [0, 0.1) is 0 Å².